The first kappa shape index (κ1) is 31.2. The minimum absolute atomic E-state index is 0.00567. The molecule has 0 spiro atoms. The van der Waals surface area contributed by atoms with E-state index in [1.807, 2.05) is 43.3 Å². The quantitative estimate of drug-likeness (QED) is 0.288. The highest BCUT2D eigenvalue weighted by Gasteiger charge is 2.32. The van der Waals surface area contributed by atoms with Crippen LogP contribution in [0.5, 0.6) is 0 Å². The normalized spacial score (nSPS) is 14.4. The third-order valence-corrected chi connectivity index (χ3v) is 8.91. The number of carbonyl (C=O) groups excluding carboxylic acids is 2. The number of aryl methyl sites for hydroxylation is 1. The van der Waals surface area contributed by atoms with E-state index in [2.05, 4.69) is 5.32 Å². The van der Waals surface area contributed by atoms with Gasteiger partial charge in [-0.2, -0.15) is 0 Å². The maximum absolute atomic E-state index is 14.8. The van der Waals surface area contributed by atoms with E-state index in [-0.39, 0.29) is 50.2 Å². The van der Waals surface area contributed by atoms with Crippen molar-refractivity contribution in [2.75, 3.05) is 17.1 Å². The first-order valence-electron chi connectivity index (χ1n) is 14.5. The topological polar surface area (TPSA) is 86.8 Å². The molecular weight excluding hydrogens is 553 g/mol. The Morgan fingerprint density at radius 2 is 1.67 bits per heavy atom. The van der Waals surface area contributed by atoms with Gasteiger partial charge >= 0.3 is 0 Å². The largest absolute Gasteiger partial charge is 0.352 e. The van der Waals surface area contributed by atoms with Crippen LogP contribution < -0.4 is 9.62 Å². The van der Waals surface area contributed by atoms with Crippen LogP contribution in [0.25, 0.3) is 0 Å². The van der Waals surface area contributed by atoms with Crippen molar-refractivity contribution in [3.05, 3.63) is 101 Å². The van der Waals surface area contributed by atoms with E-state index in [0.717, 1.165) is 43.1 Å². The monoisotopic (exact) mass is 593 g/mol. The smallest absolute Gasteiger partial charge is 0.243 e. The molecule has 4 rings (SSSR count). The zero-order valence-electron chi connectivity index (χ0n) is 24.3. The van der Waals surface area contributed by atoms with Gasteiger partial charge in [-0.1, -0.05) is 73.5 Å². The number of halogens is 1. The second-order valence-electron chi connectivity index (χ2n) is 11.1. The predicted octanol–water partition coefficient (Wildman–Crippen LogP) is 5.38. The third kappa shape index (κ3) is 8.64. The molecule has 1 aliphatic carbocycles. The van der Waals surface area contributed by atoms with Crippen molar-refractivity contribution in [1.82, 2.24) is 10.2 Å². The van der Waals surface area contributed by atoms with Gasteiger partial charge in [0.15, 0.2) is 0 Å². The fourth-order valence-corrected chi connectivity index (χ4v) is 6.48. The first-order valence-corrected chi connectivity index (χ1v) is 16.4. The summed E-state index contributed by atoms with van der Waals surface area (Å²) in [5.41, 5.74) is 2.66. The summed E-state index contributed by atoms with van der Waals surface area (Å²) in [7, 11) is -3.60. The van der Waals surface area contributed by atoms with Crippen molar-refractivity contribution in [2.24, 2.45) is 0 Å². The van der Waals surface area contributed by atoms with Gasteiger partial charge in [-0.15, -0.1) is 0 Å². The number of nitrogens with zero attached hydrogens (tertiary/aromatic N) is 2. The van der Waals surface area contributed by atoms with Gasteiger partial charge in [-0.05, 0) is 55.5 Å². The Kier molecular flexibility index (Phi) is 10.7. The Balaban J connectivity index is 1.59. The summed E-state index contributed by atoms with van der Waals surface area (Å²) in [5, 5.41) is 3.14. The van der Waals surface area contributed by atoms with E-state index in [1.54, 1.807) is 36.4 Å². The highest BCUT2D eigenvalue weighted by atomic mass is 32.2. The van der Waals surface area contributed by atoms with E-state index in [9.17, 15) is 22.4 Å². The van der Waals surface area contributed by atoms with Crippen molar-refractivity contribution in [2.45, 2.75) is 70.5 Å². The number of amides is 2. The van der Waals surface area contributed by atoms with Gasteiger partial charge in [0.05, 0.1) is 11.9 Å². The van der Waals surface area contributed by atoms with Gasteiger partial charge in [0.2, 0.25) is 21.8 Å². The van der Waals surface area contributed by atoms with Crippen LogP contribution in [0.1, 0.15) is 55.2 Å². The van der Waals surface area contributed by atoms with Gasteiger partial charge in [-0.3, -0.25) is 13.9 Å². The van der Waals surface area contributed by atoms with E-state index < -0.39 is 21.9 Å². The summed E-state index contributed by atoms with van der Waals surface area (Å²) in [5.74, 6) is -1.04. The molecule has 0 aliphatic heterocycles. The molecule has 1 saturated carbocycles. The van der Waals surface area contributed by atoms with Crippen LogP contribution in [0.2, 0.25) is 0 Å². The zero-order valence-corrected chi connectivity index (χ0v) is 25.2. The minimum Gasteiger partial charge on any atom is -0.352 e. The van der Waals surface area contributed by atoms with Crippen LogP contribution in [0.3, 0.4) is 0 Å². The molecule has 0 unspecified atom stereocenters. The molecule has 42 heavy (non-hydrogen) atoms. The highest BCUT2D eigenvalue weighted by Crippen LogP contribution is 2.23. The lowest BCUT2D eigenvalue weighted by atomic mass is 10.0. The van der Waals surface area contributed by atoms with Crippen LogP contribution in [-0.2, 0) is 32.6 Å². The lowest BCUT2D eigenvalue weighted by Crippen LogP contribution is -2.52. The van der Waals surface area contributed by atoms with Gasteiger partial charge in [-0.25, -0.2) is 12.8 Å². The molecule has 1 atom stereocenters. The number of sulfonamides is 1. The molecule has 1 N–H and O–H groups in total. The second-order valence-corrected chi connectivity index (χ2v) is 13.0. The van der Waals surface area contributed by atoms with Crippen molar-refractivity contribution < 1.29 is 22.4 Å². The SMILES string of the molecule is Cc1cccc(N(CCCC(=O)N(Cc2ccccc2F)[C@H](Cc2ccccc2)C(=O)NC2CCCC2)S(C)(=O)=O)c1. The third-order valence-electron chi connectivity index (χ3n) is 7.71. The van der Waals surface area contributed by atoms with E-state index in [0.29, 0.717) is 11.3 Å². The maximum Gasteiger partial charge on any atom is 0.243 e. The summed E-state index contributed by atoms with van der Waals surface area (Å²) in [6, 6.07) is 22.1. The summed E-state index contributed by atoms with van der Waals surface area (Å²) in [6.07, 6.45) is 5.53. The second kappa shape index (κ2) is 14.4. The Hall–Kier alpha value is -3.72. The summed E-state index contributed by atoms with van der Waals surface area (Å²) in [4.78, 5) is 29.1. The zero-order chi connectivity index (χ0) is 30.1. The molecule has 2 amide bonds. The van der Waals surface area contributed by atoms with E-state index in [1.165, 1.54) is 15.3 Å². The van der Waals surface area contributed by atoms with Gasteiger partial charge < -0.3 is 10.2 Å². The van der Waals surface area contributed by atoms with Crippen LogP contribution >= 0.6 is 0 Å². The first-order chi connectivity index (χ1) is 20.1. The maximum atomic E-state index is 14.8. The number of benzene rings is 3. The lowest BCUT2D eigenvalue weighted by Gasteiger charge is -2.33. The van der Waals surface area contributed by atoms with Crippen molar-refractivity contribution in [1.29, 1.82) is 0 Å². The molecule has 3 aromatic rings. The fourth-order valence-electron chi connectivity index (χ4n) is 5.52. The van der Waals surface area contributed by atoms with Crippen LogP contribution in [-0.4, -0.2) is 50.0 Å². The van der Waals surface area contributed by atoms with Crippen LogP contribution in [0.4, 0.5) is 10.1 Å². The highest BCUT2D eigenvalue weighted by molar-refractivity contribution is 7.92. The Morgan fingerprint density at radius 3 is 2.33 bits per heavy atom. The molecule has 1 aliphatic rings. The van der Waals surface area contributed by atoms with Crippen LogP contribution in [0.15, 0.2) is 78.9 Å². The van der Waals surface area contributed by atoms with E-state index in [4.69, 9.17) is 0 Å². The summed E-state index contributed by atoms with van der Waals surface area (Å²) < 4.78 is 41.4. The van der Waals surface area contributed by atoms with E-state index >= 15 is 0 Å². The molecule has 0 radical (unpaired) electrons. The average molecular weight is 594 g/mol. The van der Waals surface area contributed by atoms with Crippen molar-refractivity contribution in [3.63, 3.8) is 0 Å². The number of anilines is 1. The molecule has 0 saturated heterocycles. The summed E-state index contributed by atoms with van der Waals surface area (Å²) in [6.45, 7) is 1.91. The van der Waals surface area contributed by atoms with Crippen LogP contribution in [0, 0.1) is 12.7 Å². The Morgan fingerprint density at radius 1 is 0.976 bits per heavy atom. The van der Waals surface area contributed by atoms with Gasteiger partial charge in [0.1, 0.15) is 11.9 Å². The lowest BCUT2D eigenvalue weighted by molar-refractivity contribution is -0.141. The molecule has 3 aromatic carbocycles. The minimum atomic E-state index is -3.60. The molecule has 1 fully saturated rings. The number of carbonyl (C=O) groups is 2. The average Bonchev–Trinajstić information content (AvgIpc) is 3.46. The number of hydrogen-bond donors (Lipinski definition) is 1. The van der Waals surface area contributed by atoms with Crippen molar-refractivity contribution >= 4 is 27.5 Å². The molecule has 7 nitrogen and oxygen atoms in total. The fraction of sp³-hybridized carbons (Fsp3) is 0.394. The van der Waals surface area contributed by atoms with Gasteiger partial charge in [0.25, 0.3) is 0 Å². The molecule has 9 heteroatoms. The molecule has 0 bridgehead atoms. The summed E-state index contributed by atoms with van der Waals surface area (Å²) >= 11 is 0. The molecule has 0 heterocycles. The molecule has 0 aromatic heterocycles. The Labute approximate surface area is 248 Å². The predicted molar refractivity (Wildman–Crippen MR) is 164 cm³/mol. The Bertz CT molecular complexity index is 1460. The van der Waals surface area contributed by atoms with Gasteiger partial charge in [0, 0.05) is 37.5 Å². The number of rotatable bonds is 13. The molecular formula is C33H40FN3O4S. The standard InChI is InChI=1S/C33H40FN3O4S/c1-25-12-10-18-29(22-25)37(42(2,40)41)21-11-20-32(38)36(24-27-15-6-9-19-30(27)34)31(23-26-13-4-3-5-14-26)33(39)35-28-16-7-8-17-28/h3-6,9-10,12-15,18-19,22,28,31H,7-8,11,16-17,20-21,23-24H2,1-2H3,(H,35,39)/t31-/m1/s1. The number of hydrogen-bond acceptors (Lipinski definition) is 4. The van der Waals surface area contributed by atoms with Crippen molar-refractivity contribution in [3.8, 4) is 0 Å². The molecule has 224 valence electrons. The number of nitrogens with one attached hydrogen (secondary N) is 1.